The second-order valence-corrected chi connectivity index (χ2v) is 11.7. The highest BCUT2D eigenvalue weighted by atomic mass is 32.2. The van der Waals surface area contributed by atoms with Gasteiger partial charge in [0.1, 0.15) is 29.1 Å². The molecule has 1 aliphatic heterocycles. The number of ether oxygens (including phenoxy) is 2. The molecule has 1 aliphatic rings. The molecule has 0 aliphatic carbocycles. The van der Waals surface area contributed by atoms with Crippen molar-refractivity contribution in [1.82, 2.24) is 33.7 Å². The summed E-state index contributed by atoms with van der Waals surface area (Å²) < 4.78 is 39.4. The van der Waals surface area contributed by atoms with Crippen LogP contribution in [-0.4, -0.2) is 60.8 Å². The molecule has 0 spiro atoms. The largest absolute Gasteiger partial charge is 0.353 e. The number of nitrogens with one attached hydrogen (secondary N) is 1. The van der Waals surface area contributed by atoms with Crippen LogP contribution in [0.4, 0.5) is 11.6 Å². The Morgan fingerprint density at radius 2 is 2.00 bits per heavy atom. The number of rotatable bonds is 10. The standard InChI is InChI=1S/C26H34N8O4S/c1-5-17(3)34-21-13-23(28-15-20(21)30-26(34)18(4)38-24-9-7-8-12-37-24)31-22-10-11-27-25(32-22)19-14-29-33(16-19)39(35,36)6-2/h10-11,13-18,24H,5-9,12H2,1-4H3,(H,27,28,31,32). The zero-order valence-electron chi connectivity index (χ0n) is 22.6. The third kappa shape index (κ3) is 5.80. The minimum absolute atomic E-state index is 0.0566. The summed E-state index contributed by atoms with van der Waals surface area (Å²) in [7, 11) is -3.49. The van der Waals surface area contributed by atoms with E-state index in [4.69, 9.17) is 14.5 Å². The van der Waals surface area contributed by atoms with Crippen LogP contribution in [0, 0.1) is 0 Å². The van der Waals surface area contributed by atoms with Gasteiger partial charge in [-0.2, -0.15) is 9.19 Å². The fourth-order valence-electron chi connectivity index (χ4n) is 4.53. The van der Waals surface area contributed by atoms with E-state index in [0.717, 1.165) is 53.2 Å². The van der Waals surface area contributed by atoms with E-state index in [-0.39, 0.29) is 24.2 Å². The summed E-state index contributed by atoms with van der Waals surface area (Å²) in [5, 5.41) is 7.20. The Labute approximate surface area is 227 Å². The summed E-state index contributed by atoms with van der Waals surface area (Å²) in [6.07, 6.45) is 9.72. The summed E-state index contributed by atoms with van der Waals surface area (Å²) in [6.45, 7) is 8.62. The molecular formula is C26H34N8O4S. The van der Waals surface area contributed by atoms with Crippen LogP contribution in [0.5, 0.6) is 0 Å². The fourth-order valence-corrected chi connectivity index (χ4v) is 5.26. The average molecular weight is 555 g/mol. The Kier molecular flexibility index (Phi) is 7.91. The maximum atomic E-state index is 12.1. The Bertz CT molecular complexity index is 1540. The van der Waals surface area contributed by atoms with Crippen molar-refractivity contribution in [2.45, 2.75) is 71.8 Å². The number of hydrogen-bond acceptors (Lipinski definition) is 10. The lowest BCUT2D eigenvalue weighted by Gasteiger charge is -2.27. The minimum Gasteiger partial charge on any atom is -0.353 e. The molecule has 1 N–H and O–H groups in total. The third-order valence-corrected chi connectivity index (χ3v) is 8.37. The number of anilines is 2. The van der Waals surface area contributed by atoms with Crippen LogP contribution < -0.4 is 5.32 Å². The lowest BCUT2D eigenvalue weighted by atomic mass is 10.2. The number of pyridine rings is 1. The molecule has 5 heterocycles. The van der Waals surface area contributed by atoms with Crippen molar-refractivity contribution in [3.63, 3.8) is 0 Å². The molecule has 39 heavy (non-hydrogen) atoms. The van der Waals surface area contributed by atoms with Crippen molar-refractivity contribution >= 4 is 32.7 Å². The molecule has 0 radical (unpaired) electrons. The van der Waals surface area contributed by atoms with Gasteiger partial charge in [-0.1, -0.05) is 6.92 Å². The van der Waals surface area contributed by atoms with Gasteiger partial charge in [0, 0.05) is 24.9 Å². The molecule has 0 saturated carbocycles. The van der Waals surface area contributed by atoms with Crippen LogP contribution in [0.3, 0.4) is 0 Å². The number of fused-ring (bicyclic) bond motifs is 1. The highest BCUT2D eigenvalue weighted by molar-refractivity contribution is 7.89. The smallest absolute Gasteiger partial charge is 0.253 e. The van der Waals surface area contributed by atoms with E-state index in [1.165, 1.54) is 12.4 Å². The lowest BCUT2D eigenvalue weighted by Crippen LogP contribution is -2.25. The molecule has 12 nitrogen and oxygen atoms in total. The van der Waals surface area contributed by atoms with Crippen LogP contribution in [0.25, 0.3) is 22.4 Å². The topological polar surface area (TPSA) is 139 Å². The van der Waals surface area contributed by atoms with Crippen molar-refractivity contribution in [2.24, 2.45) is 0 Å². The van der Waals surface area contributed by atoms with E-state index in [0.29, 0.717) is 23.0 Å². The highest BCUT2D eigenvalue weighted by Crippen LogP contribution is 2.31. The first-order valence-electron chi connectivity index (χ1n) is 13.3. The second kappa shape index (κ2) is 11.4. The number of aromatic nitrogens is 7. The number of imidazole rings is 1. The zero-order valence-corrected chi connectivity index (χ0v) is 23.4. The summed E-state index contributed by atoms with van der Waals surface area (Å²) in [6, 6.07) is 3.87. The first-order chi connectivity index (χ1) is 18.8. The Morgan fingerprint density at radius 3 is 2.74 bits per heavy atom. The number of hydrogen-bond donors (Lipinski definition) is 1. The van der Waals surface area contributed by atoms with Gasteiger partial charge in [-0.25, -0.2) is 28.4 Å². The lowest BCUT2D eigenvalue weighted by molar-refractivity contribution is -0.188. The second-order valence-electron chi connectivity index (χ2n) is 9.62. The normalized spacial score (nSPS) is 17.8. The molecule has 208 valence electrons. The van der Waals surface area contributed by atoms with E-state index >= 15 is 0 Å². The first kappa shape index (κ1) is 27.2. The summed E-state index contributed by atoms with van der Waals surface area (Å²) in [5.41, 5.74) is 2.22. The summed E-state index contributed by atoms with van der Waals surface area (Å²) >= 11 is 0. The molecule has 1 fully saturated rings. The van der Waals surface area contributed by atoms with Gasteiger partial charge in [-0.15, -0.1) is 0 Å². The van der Waals surface area contributed by atoms with E-state index < -0.39 is 10.0 Å². The van der Waals surface area contributed by atoms with Crippen LogP contribution in [0.1, 0.15) is 71.3 Å². The molecule has 3 atom stereocenters. The molecule has 3 unspecified atom stereocenters. The van der Waals surface area contributed by atoms with Gasteiger partial charge in [0.05, 0.1) is 35.4 Å². The molecule has 5 rings (SSSR count). The van der Waals surface area contributed by atoms with Crippen LogP contribution in [0.2, 0.25) is 0 Å². The van der Waals surface area contributed by atoms with Gasteiger partial charge in [0.15, 0.2) is 12.1 Å². The van der Waals surface area contributed by atoms with E-state index in [1.54, 1.807) is 25.4 Å². The molecule has 4 aromatic rings. The maximum absolute atomic E-state index is 12.1. The quantitative estimate of drug-likeness (QED) is 0.296. The molecule has 13 heteroatoms. The van der Waals surface area contributed by atoms with Crippen molar-refractivity contribution < 1.29 is 17.9 Å². The maximum Gasteiger partial charge on any atom is 0.253 e. The Balaban J connectivity index is 1.42. The molecule has 0 amide bonds. The molecule has 1 saturated heterocycles. The van der Waals surface area contributed by atoms with Crippen LogP contribution in [-0.2, 0) is 19.5 Å². The number of nitrogens with zero attached hydrogens (tertiary/aromatic N) is 7. The van der Waals surface area contributed by atoms with Gasteiger partial charge in [0.2, 0.25) is 0 Å². The first-order valence-corrected chi connectivity index (χ1v) is 14.9. The Hall–Kier alpha value is -3.42. The fraction of sp³-hybridized carbons (Fsp3) is 0.500. The van der Waals surface area contributed by atoms with Crippen molar-refractivity contribution in [2.75, 3.05) is 17.7 Å². The van der Waals surface area contributed by atoms with Gasteiger partial charge in [-0.3, -0.25) is 0 Å². The molecule has 0 aromatic carbocycles. The Morgan fingerprint density at radius 1 is 1.15 bits per heavy atom. The molecule has 0 bridgehead atoms. The summed E-state index contributed by atoms with van der Waals surface area (Å²) in [5.74, 6) is 2.24. The zero-order chi connectivity index (χ0) is 27.6. The predicted molar refractivity (Wildman–Crippen MR) is 147 cm³/mol. The monoisotopic (exact) mass is 554 g/mol. The predicted octanol–water partition coefficient (Wildman–Crippen LogP) is 4.60. The van der Waals surface area contributed by atoms with Crippen molar-refractivity contribution in [3.05, 3.63) is 42.7 Å². The summed E-state index contributed by atoms with van der Waals surface area (Å²) in [4.78, 5) is 18.3. The van der Waals surface area contributed by atoms with E-state index in [1.807, 2.05) is 13.0 Å². The van der Waals surface area contributed by atoms with E-state index in [9.17, 15) is 8.42 Å². The molecule has 4 aromatic heterocycles. The van der Waals surface area contributed by atoms with Gasteiger partial charge >= 0.3 is 0 Å². The van der Waals surface area contributed by atoms with E-state index in [2.05, 4.69) is 43.8 Å². The molecular weight excluding hydrogens is 520 g/mol. The van der Waals surface area contributed by atoms with Gasteiger partial charge < -0.3 is 19.4 Å². The SMILES string of the molecule is CCC(C)n1c(C(C)OC2CCCCO2)nc2cnc(Nc3ccnc(-c4cnn(S(=O)(=O)CC)c4)n3)cc21. The third-order valence-electron chi connectivity index (χ3n) is 6.87. The van der Waals surface area contributed by atoms with Crippen molar-refractivity contribution in [1.29, 1.82) is 0 Å². The van der Waals surface area contributed by atoms with Gasteiger partial charge in [-0.05, 0) is 52.5 Å². The highest BCUT2D eigenvalue weighted by Gasteiger charge is 2.25. The minimum atomic E-state index is -3.49. The van der Waals surface area contributed by atoms with Crippen LogP contribution >= 0.6 is 0 Å². The van der Waals surface area contributed by atoms with Gasteiger partial charge in [0.25, 0.3) is 10.0 Å². The van der Waals surface area contributed by atoms with Crippen LogP contribution in [0.15, 0.2) is 36.9 Å². The average Bonchev–Trinajstić information content (AvgIpc) is 3.60. The van der Waals surface area contributed by atoms with Crippen molar-refractivity contribution in [3.8, 4) is 11.4 Å².